The summed E-state index contributed by atoms with van der Waals surface area (Å²) in [6.07, 6.45) is 2.11. The van der Waals surface area contributed by atoms with E-state index in [2.05, 4.69) is 27.7 Å². The smallest absolute Gasteiger partial charge is 0.160 e. The summed E-state index contributed by atoms with van der Waals surface area (Å²) in [5.41, 5.74) is 2.89. The van der Waals surface area contributed by atoms with Gasteiger partial charge >= 0.3 is 0 Å². The van der Waals surface area contributed by atoms with Gasteiger partial charge < -0.3 is 4.57 Å². The average Bonchev–Trinajstić information content (AvgIpc) is 2.66. The lowest BCUT2D eigenvalue weighted by Crippen LogP contribution is -2.11. The molecule has 0 saturated heterocycles. The number of halogens is 1. The predicted molar refractivity (Wildman–Crippen MR) is 74.9 cm³/mol. The van der Waals surface area contributed by atoms with Crippen molar-refractivity contribution >= 4 is 34.5 Å². The van der Waals surface area contributed by atoms with Gasteiger partial charge in [-0.1, -0.05) is 0 Å². The van der Waals surface area contributed by atoms with Gasteiger partial charge in [-0.15, -0.1) is 11.6 Å². The van der Waals surface area contributed by atoms with E-state index in [1.54, 1.807) is 0 Å². The van der Waals surface area contributed by atoms with Crippen molar-refractivity contribution in [3.05, 3.63) is 23.7 Å². The minimum Gasteiger partial charge on any atom is -0.308 e. The molecular weight excluding hydrogens is 254 g/mol. The van der Waals surface area contributed by atoms with E-state index in [-0.39, 0.29) is 0 Å². The summed E-state index contributed by atoms with van der Waals surface area (Å²) in [5.74, 6) is 2.36. The van der Waals surface area contributed by atoms with Crippen LogP contribution in [0, 0.1) is 6.92 Å². The molecule has 0 spiro atoms. The Hall–Kier alpha value is -0.740. The molecule has 2 rings (SSSR count). The molecule has 0 bridgehead atoms. The molecule has 0 aromatic carbocycles. The zero-order chi connectivity index (χ0) is 12.4. The van der Waals surface area contributed by atoms with E-state index in [1.807, 2.05) is 30.8 Å². The Morgan fingerprint density at radius 2 is 2.18 bits per heavy atom. The van der Waals surface area contributed by atoms with E-state index in [9.17, 15) is 0 Å². The standard InChI is InChI=1S/C12H16ClN3S/c1-8-4-5-10-12(14-8)16(9(2)7-17-3)11(6-13)15-10/h4-5,9H,6-7H2,1-3H3. The summed E-state index contributed by atoms with van der Waals surface area (Å²) < 4.78 is 2.16. The Labute approximate surface area is 111 Å². The van der Waals surface area contributed by atoms with Crippen molar-refractivity contribution < 1.29 is 0 Å². The maximum absolute atomic E-state index is 5.97. The molecule has 0 fully saturated rings. The molecule has 2 aromatic heterocycles. The third-order valence-corrected chi connectivity index (χ3v) is 3.77. The third-order valence-electron chi connectivity index (χ3n) is 2.72. The van der Waals surface area contributed by atoms with Gasteiger partial charge in [0.05, 0.1) is 5.88 Å². The number of fused-ring (bicyclic) bond motifs is 1. The van der Waals surface area contributed by atoms with Gasteiger partial charge in [-0.2, -0.15) is 11.8 Å². The van der Waals surface area contributed by atoms with Crippen LogP contribution in [0.2, 0.25) is 0 Å². The van der Waals surface area contributed by atoms with Gasteiger partial charge in [0.1, 0.15) is 11.3 Å². The number of thioether (sulfide) groups is 1. The van der Waals surface area contributed by atoms with Gasteiger partial charge in [0.2, 0.25) is 0 Å². The molecule has 17 heavy (non-hydrogen) atoms. The summed E-state index contributed by atoms with van der Waals surface area (Å²) >= 11 is 7.79. The number of imidazole rings is 1. The number of aromatic nitrogens is 3. The van der Waals surface area contributed by atoms with Crippen LogP contribution in [0.1, 0.15) is 24.5 Å². The summed E-state index contributed by atoms with van der Waals surface area (Å²) in [7, 11) is 0. The predicted octanol–water partition coefficient (Wildman–Crippen LogP) is 3.40. The number of alkyl halides is 1. The Morgan fingerprint density at radius 1 is 1.41 bits per heavy atom. The first-order chi connectivity index (χ1) is 8.17. The van der Waals surface area contributed by atoms with Crippen LogP contribution in [-0.4, -0.2) is 26.5 Å². The van der Waals surface area contributed by atoms with E-state index in [1.165, 1.54) is 0 Å². The first-order valence-electron chi connectivity index (χ1n) is 5.56. The van der Waals surface area contributed by atoms with Gasteiger partial charge in [0.15, 0.2) is 5.65 Å². The van der Waals surface area contributed by atoms with Crippen molar-refractivity contribution in [3.63, 3.8) is 0 Å². The van der Waals surface area contributed by atoms with E-state index in [0.717, 1.165) is 28.4 Å². The van der Waals surface area contributed by atoms with Crippen molar-refractivity contribution in [1.29, 1.82) is 0 Å². The molecule has 5 heteroatoms. The highest BCUT2D eigenvalue weighted by molar-refractivity contribution is 7.98. The van der Waals surface area contributed by atoms with Crippen molar-refractivity contribution in [2.75, 3.05) is 12.0 Å². The second-order valence-corrected chi connectivity index (χ2v) is 5.31. The molecule has 2 heterocycles. The highest BCUT2D eigenvalue weighted by Crippen LogP contribution is 2.23. The first kappa shape index (κ1) is 12.7. The average molecular weight is 270 g/mol. The van der Waals surface area contributed by atoms with Crippen LogP contribution < -0.4 is 0 Å². The molecule has 92 valence electrons. The topological polar surface area (TPSA) is 30.7 Å². The third kappa shape index (κ3) is 2.43. The Morgan fingerprint density at radius 3 is 2.82 bits per heavy atom. The number of rotatable bonds is 4. The lowest BCUT2D eigenvalue weighted by molar-refractivity contribution is 0.601. The number of hydrogen-bond donors (Lipinski definition) is 0. The second kappa shape index (κ2) is 5.27. The highest BCUT2D eigenvalue weighted by atomic mass is 35.5. The second-order valence-electron chi connectivity index (χ2n) is 4.13. The van der Waals surface area contributed by atoms with Crippen LogP contribution in [0.4, 0.5) is 0 Å². The van der Waals surface area contributed by atoms with Crippen LogP contribution >= 0.6 is 23.4 Å². The zero-order valence-corrected chi connectivity index (χ0v) is 11.8. The van der Waals surface area contributed by atoms with Crippen molar-refractivity contribution in [2.24, 2.45) is 0 Å². The van der Waals surface area contributed by atoms with Gasteiger partial charge in [-0.25, -0.2) is 9.97 Å². The summed E-state index contributed by atoms with van der Waals surface area (Å²) in [6.45, 7) is 4.17. The zero-order valence-electron chi connectivity index (χ0n) is 10.3. The molecule has 0 aliphatic rings. The van der Waals surface area contributed by atoms with E-state index in [0.29, 0.717) is 11.9 Å². The maximum atomic E-state index is 5.97. The van der Waals surface area contributed by atoms with E-state index < -0.39 is 0 Å². The lowest BCUT2D eigenvalue weighted by atomic mass is 10.3. The molecule has 0 N–H and O–H groups in total. The Kier molecular flexibility index (Phi) is 3.94. The molecule has 2 aromatic rings. The highest BCUT2D eigenvalue weighted by Gasteiger charge is 2.15. The van der Waals surface area contributed by atoms with Crippen molar-refractivity contribution in [2.45, 2.75) is 25.8 Å². The van der Waals surface area contributed by atoms with Gasteiger partial charge in [0, 0.05) is 17.5 Å². The van der Waals surface area contributed by atoms with Gasteiger partial charge in [-0.05, 0) is 32.2 Å². The molecule has 1 atom stereocenters. The SMILES string of the molecule is CSCC(C)n1c(CCl)nc2ccc(C)nc21. The molecule has 0 amide bonds. The van der Waals surface area contributed by atoms with Crippen LogP contribution in [0.25, 0.3) is 11.2 Å². The largest absolute Gasteiger partial charge is 0.308 e. The maximum Gasteiger partial charge on any atom is 0.160 e. The molecular formula is C12H16ClN3S. The van der Waals surface area contributed by atoms with E-state index in [4.69, 9.17) is 11.6 Å². The summed E-state index contributed by atoms with van der Waals surface area (Å²) in [5, 5.41) is 0. The molecule has 1 unspecified atom stereocenters. The number of pyridine rings is 1. The Balaban J connectivity index is 2.60. The molecule has 0 saturated carbocycles. The summed E-state index contributed by atoms with van der Waals surface area (Å²) in [4.78, 5) is 9.11. The quantitative estimate of drug-likeness (QED) is 0.797. The van der Waals surface area contributed by atoms with Gasteiger partial charge in [-0.3, -0.25) is 0 Å². The fourth-order valence-electron chi connectivity index (χ4n) is 1.99. The molecule has 0 radical (unpaired) electrons. The van der Waals surface area contributed by atoms with Gasteiger partial charge in [0.25, 0.3) is 0 Å². The monoisotopic (exact) mass is 269 g/mol. The van der Waals surface area contributed by atoms with Crippen LogP contribution in [-0.2, 0) is 5.88 Å². The number of hydrogen-bond acceptors (Lipinski definition) is 3. The van der Waals surface area contributed by atoms with Crippen molar-refractivity contribution in [3.8, 4) is 0 Å². The van der Waals surface area contributed by atoms with Crippen LogP contribution in [0.5, 0.6) is 0 Å². The van der Waals surface area contributed by atoms with Crippen LogP contribution in [0.3, 0.4) is 0 Å². The number of nitrogens with zero attached hydrogens (tertiary/aromatic N) is 3. The number of aryl methyl sites for hydroxylation is 1. The minimum atomic E-state index is 0.359. The van der Waals surface area contributed by atoms with E-state index >= 15 is 0 Å². The fourth-order valence-corrected chi connectivity index (χ4v) is 2.81. The Bertz CT molecular complexity index is 524. The minimum absolute atomic E-state index is 0.359. The molecule has 0 aliphatic carbocycles. The van der Waals surface area contributed by atoms with Crippen molar-refractivity contribution in [1.82, 2.24) is 14.5 Å². The van der Waals surface area contributed by atoms with Crippen LogP contribution in [0.15, 0.2) is 12.1 Å². The normalized spacial score (nSPS) is 13.2. The summed E-state index contributed by atoms with van der Waals surface area (Å²) in [6, 6.07) is 4.35. The fraction of sp³-hybridized carbons (Fsp3) is 0.500. The lowest BCUT2D eigenvalue weighted by Gasteiger charge is -2.15. The molecule has 0 aliphatic heterocycles. The first-order valence-corrected chi connectivity index (χ1v) is 7.49. The molecule has 3 nitrogen and oxygen atoms in total.